The maximum Gasteiger partial charge on any atom is 0.243 e. The number of halogens is 2. The Morgan fingerprint density at radius 2 is 2.04 bits per heavy atom. The Bertz CT molecular complexity index is 667. The average molecular weight is 407 g/mol. The number of carbonyl (C=O) groups is 1. The molecule has 0 spiro atoms. The van der Waals surface area contributed by atoms with Crippen LogP contribution in [-0.4, -0.2) is 38.9 Å². The number of hydrogen-bond donors (Lipinski definition) is 1. The summed E-state index contributed by atoms with van der Waals surface area (Å²) in [7, 11) is -3.90. The minimum atomic E-state index is -3.90. The van der Waals surface area contributed by atoms with Crippen LogP contribution < -0.4 is 4.72 Å². The zero-order chi connectivity index (χ0) is 16.9. The highest BCUT2D eigenvalue weighted by Gasteiger charge is 2.20. The van der Waals surface area contributed by atoms with E-state index in [9.17, 15) is 17.6 Å². The number of sulfonamides is 1. The lowest BCUT2D eigenvalue weighted by Gasteiger charge is -2.20. The Balaban J connectivity index is 1.87. The molecule has 5 nitrogen and oxygen atoms in total. The van der Waals surface area contributed by atoms with Crippen molar-refractivity contribution >= 4 is 31.9 Å². The lowest BCUT2D eigenvalue weighted by atomic mass is 10.2. The summed E-state index contributed by atoms with van der Waals surface area (Å²) >= 11 is 3.13. The van der Waals surface area contributed by atoms with E-state index in [4.69, 9.17) is 0 Å². The maximum atomic E-state index is 13.7. The molecular formula is C15H20BrFN2O3S. The van der Waals surface area contributed by atoms with Crippen LogP contribution in [-0.2, 0) is 14.8 Å². The molecule has 1 N–H and O–H groups in total. The van der Waals surface area contributed by atoms with Crippen LogP contribution in [0.2, 0.25) is 0 Å². The van der Waals surface area contributed by atoms with Gasteiger partial charge in [-0.25, -0.2) is 17.5 Å². The molecule has 1 aliphatic rings. The molecule has 0 bridgehead atoms. The number of nitrogens with zero attached hydrogens (tertiary/aromatic N) is 1. The van der Waals surface area contributed by atoms with Gasteiger partial charge in [-0.1, -0.05) is 22.4 Å². The van der Waals surface area contributed by atoms with Crippen LogP contribution in [0.5, 0.6) is 0 Å². The molecule has 0 unspecified atom stereocenters. The number of amides is 1. The van der Waals surface area contributed by atoms with E-state index in [1.165, 1.54) is 12.1 Å². The van der Waals surface area contributed by atoms with Gasteiger partial charge < -0.3 is 4.90 Å². The highest BCUT2D eigenvalue weighted by molar-refractivity contribution is 9.10. The first-order chi connectivity index (χ1) is 10.9. The number of likely N-dealkylation sites (tertiary alicyclic amines) is 1. The van der Waals surface area contributed by atoms with Crippen molar-refractivity contribution in [1.82, 2.24) is 9.62 Å². The van der Waals surface area contributed by atoms with Crippen LogP contribution in [0.1, 0.15) is 32.1 Å². The second kappa shape index (κ2) is 8.21. The van der Waals surface area contributed by atoms with Gasteiger partial charge in [0.25, 0.3) is 0 Å². The summed E-state index contributed by atoms with van der Waals surface area (Å²) < 4.78 is 40.8. The summed E-state index contributed by atoms with van der Waals surface area (Å²) in [5.41, 5.74) is 0. The van der Waals surface area contributed by atoms with Crippen molar-refractivity contribution in [2.75, 3.05) is 19.6 Å². The predicted molar refractivity (Wildman–Crippen MR) is 89.0 cm³/mol. The first-order valence-corrected chi connectivity index (χ1v) is 9.90. The molecule has 1 heterocycles. The number of rotatable bonds is 6. The standard InChI is InChI=1S/C15H20BrFN2O3S/c16-12-6-7-13(17)14(11-12)23(21,22)18-8-4-10-19-9-3-1-2-5-15(19)20/h6-7,11,18H,1-5,8-10H2. The molecule has 1 amide bonds. The van der Waals surface area contributed by atoms with E-state index in [0.29, 0.717) is 23.9 Å². The Hall–Kier alpha value is -0.990. The molecule has 0 aliphatic carbocycles. The minimum absolute atomic E-state index is 0.128. The van der Waals surface area contributed by atoms with E-state index in [2.05, 4.69) is 20.7 Å². The van der Waals surface area contributed by atoms with Crippen molar-refractivity contribution in [3.63, 3.8) is 0 Å². The molecule has 1 fully saturated rings. The summed E-state index contributed by atoms with van der Waals surface area (Å²) in [6.07, 6.45) is 4.03. The van der Waals surface area contributed by atoms with Crippen molar-refractivity contribution < 1.29 is 17.6 Å². The van der Waals surface area contributed by atoms with Gasteiger partial charge in [0, 0.05) is 30.5 Å². The third kappa shape index (κ3) is 5.26. The summed E-state index contributed by atoms with van der Waals surface area (Å²) in [5, 5.41) is 0. The van der Waals surface area contributed by atoms with Crippen LogP contribution in [0.4, 0.5) is 4.39 Å². The molecule has 1 aliphatic heterocycles. The zero-order valence-corrected chi connectivity index (χ0v) is 15.1. The lowest BCUT2D eigenvalue weighted by Crippen LogP contribution is -2.34. The third-order valence-corrected chi connectivity index (χ3v) is 5.72. The van der Waals surface area contributed by atoms with E-state index in [1.54, 1.807) is 4.90 Å². The molecule has 0 saturated carbocycles. The van der Waals surface area contributed by atoms with Gasteiger partial charge in [0.1, 0.15) is 10.7 Å². The minimum Gasteiger partial charge on any atom is -0.343 e. The lowest BCUT2D eigenvalue weighted by molar-refractivity contribution is -0.130. The fourth-order valence-corrected chi connectivity index (χ4v) is 4.20. The van der Waals surface area contributed by atoms with Gasteiger partial charge in [-0.05, 0) is 37.5 Å². The molecule has 0 radical (unpaired) electrons. The topological polar surface area (TPSA) is 66.5 Å². The van der Waals surface area contributed by atoms with E-state index >= 15 is 0 Å². The van der Waals surface area contributed by atoms with E-state index in [-0.39, 0.29) is 17.3 Å². The van der Waals surface area contributed by atoms with E-state index < -0.39 is 15.8 Å². The van der Waals surface area contributed by atoms with Crippen LogP contribution in [0.15, 0.2) is 27.6 Å². The van der Waals surface area contributed by atoms with Gasteiger partial charge in [-0.3, -0.25) is 4.79 Å². The molecule has 128 valence electrons. The maximum absolute atomic E-state index is 13.7. The SMILES string of the molecule is O=C1CCCCCN1CCCNS(=O)(=O)c1cc(Br)ccc1F. The highest BCUT2D eigenvalue weighted by Crippen LogP contribution is 2.19. The third-order valence-electron chi connectivity index (χ3n) is 3.75. The van der Waals surface area contributed by atoms with E-state index in [0.717, 1.165) is 31.9 Å². The quantitative estimate of drug-likeness (QED) is 0.738. The fraction of sp³-hybridized carbons (Fsp3) is 0.533. The normalized spacial score (nSPS) is 16.4. The molecule has 23 heavy (non-hydrogen) atoms. The Morgan fingerprint density at radius 1 is 1.26 bits per heavy atom. The monoisotopic (exact) mass is 406 g/mol. The number of nitrogens with one attached hydrogen (secondary N) is 1. The second-order valence-corrected chi connectivity index (χ2v) is 8.17. The molecular weight excluding hydrogens is 387 g/mol. The number of benzene rings is 1. The smallest absolute Gasteiger partial charge is 0.243 e. The Kier molecular flexibility index (Phi) is 6.55. The summed E-state index contributed by atoms with van der Waals surface area (Å²) in [5.74, 6) is -0.660. The molecule has 1 aromatic carbocycles. The van der Waals surface area contributed by atoms with Crippen molar-refractivity contribution in [1.29, 1.82) is 0 Å². The van der Waals surface area contributed by atoms with Crippen LogP contribution in [0.3, 0.4) is 0 Å². The molecule has 1 saturated heterocycles. The predicted octanol–water partition coefficient (Wildman–Crippen LogP) is 2.66. The molecule has 1 aromatic rings. The van der Waals surface area contributed by atoms with Gasteiger partial charge in [0.05, 0.1) is 0 Å². The molecule has 2 rings (SSSR count). The van der Waals surface area contributed by atoms with Crippen molar-refractivity contribution in [2.45, 2.75) is 37.0 Å². The van der Waals surface area contributed by atoms with E-state index in [1.807, 2.05) is 0 Å². The zero-order valence-electron chi connectivity index (χ0n) is 12.7. The van der Waals surface area contributed by atoms with Crippen molar-refractivity contribution in [3.05, 3.63) is 28.5 Å². The van der Waals surface area contributed by atoms with Crippen LogP contribution >= 0.6 is 15.9 Å². The first-order valence-electron chi connectivity index (χ1n) is 7.62. The van der Waals surface area contributed by atoms with Gasteiger partial charge in [0.2, 0.25) is 15.9 Å². The number of carbonyl (C=O) groups excluding carboxylic acids is 1. The highest BCUT2D eigenvalue weighted by atomic mass is 79.9. The van der Waals surface area contributed by atoms with Gasteiger partial charge in [0.15, 0.2) is 0 Å². The Morgan fingerprint density at radius 3 is 2.83 bits per heavy atom. The van der Waals surface area contributed by atoms with Gasteiger partial charge in [-0.2, -0.15) is 0 Å². The molecule has 0 aromatic heterocycles. The summed E-state index contributed by atoms with van der Waals surface area (Å²) in [6, 6.07) is 3.78. The second-order valence-electron chi connectivity index (χ2n) is 5.52. The Labute approximate surface area is 144 Å². The largest absolute Gasteiger partial charge is 0.343 e. The van der Waals surface area contributed by atoms with Crippen molar-refractivity contribution in [3.8, 4) is 0 Å². The fourth-order valence-electron chi connectivity index (χ4n) is 2.51. The summed E-state index contributed by atoms with van der Waals surface area (Å²) in [6.45, 7) is 1.41. The van der Waals surface area contributed by atoms with Gasteiger partial charge in [-0.15, -0.1) is 0 Å². The summed E-state index contributed by atoms with van der Waals surface area (Å²) in [4.78, 5) is 13.2. The average Bonchev–Trinajstić information content (AvgIpc) is 2.71. The van der Waals surface area contributed by atoms with Crippen molar-refractivity contribution in [2.24, 2.45) is 0 Å². The van der Waals surface area contributed by atoms with Gasteiger partial charge >= 0.3 is 0 Å². The first kappa shape index (κ1) is 18.4. The number of hydrogen-bond acceptors (Lipinski definition) is 3. The molecule has 8 heteroatoms. The van der Waals surface area contributed by atoms with Crippen LogP contribution in [0.25, 0.3) is 0 Å². The molecule has 0 atom stereocenters. The van der Waals surface area contributed by atoms with Crippen LogP contribution in [0, 0.1) is 5.82 Å².